The average molecular weight is 494 g/mol. The van der Waals surface area contributed by atoms with Gasteiger partial charge in [0.15, 0.2) is 5.78 Å². The number of carbonyl (C=O) groups is 2. The van der Waals surface area contributed by atoms with Gasteiger partial charge in [0.2, 0.25) is 0 Å². The highest BCUT2D eigenvalue weighted by atomic mass is 16.7. The molecular formula is C31H43NO4. The van der Waals surface area contributed by atoms with Crippen molar-refractivity contribution in [1.29, 1.82) is 5.26 Å². The summed E-state index contributed by atoms with van der Waals surface area (Å²) in [4.78, 5) is 27.2. The summed E-state index contributed by atoms with van der Waals surface area (Å²) in [5, 5.41) is 9.77. The molecule has 5 fully saturated rings. The summed E-state index contributed by atoms with van der Waals surface area (Å²) in [6.07, 6.45) is 10.4. The monoisotopic (exact) mass is 493 g/mol. The number of allylic oxidation sites excluding steroid dienone is 2. The molecule has 10 unspecified atom stereocenters. The van der Waals surface area contributed by atoms with Crippen LogP contribution in [0.15, 0.2) is 11.6 Å². The maximum atomic E-state index is 14.3. The molecule has 4 saturated carbocycles. The fraction of sp³-hybridized carbons (Fsp3) is 0.839. The van der Waals surface area contributed by atoms with E-state index in [-0.39, 0.29) is 57.2 Å². The average Bonchev–Trinajstić information content (AvgIpc) is 3.38. The molecule has 36 heavy (non-hydrogen) atoms. The van der Waals surface area contributed by atoms with Crippen LogP contribution in [0.1, 0.15) is 86.0 Å². The van der Waals surface area contributed by atoms with E-state index in [0.717, 1.165) is 38.5 Å². The Morgan fingerprint density at radius 1 is 1.00 bits per heavy atom. The third-order valence-corrected chi connectivity index (χ3v) is 12.7. The van der Waals surface area contributed by atoms with Crippen molar-refractivity contribution in [2.45, 2.75) is 92.1 Å². The van der Waals surface area contributed by atoms with Crippen LogP contribution in [0.5, 0.6) is 0 Å². The van der Waals surface area contributed by atoms with Gasteiger partial charge >= 0.3 is 0 Å². The van der Waals surface area contributed by atoms with E-state index in [1.807, 2.05) is 13.0 Å². The van der Waals surface area contributed by atoms with E-state index in [0.29, 0.717) is 43.0 Å². The van der Waals surface area contributed by atoms with Crippen LogP contribution in [0, 0.1) is 68.5 Å². The molecule has 0 aromatic heterocycles. The van der Waals surface area contributed by atoms with E-state index in [1.54, 1.807) is 0 Å². The van der Waals surface area contributed by atoms with Gasteiger partial charge in [-0.15, -0.1) is 0 Å². The summed E-state index contributed by atoms with van der Waals surface area (Å²) in [5.74, 6) is 1.48. The number of hydrogen-bond acceptors (Lipinski definition) is 5. The fourth-order valence-electron chi connectivity index (χ4n) is 10.8. The minimum Gasteiger partial charge on any atom is -0.353 e. The Kier molecular flexibility index (Phi) is 5.51. The molecule has 0 spiro atoms. The van der Waals surface area contributed by atoms with Gasteiger partial charge in [-0.1, -0.05) is 40.7 Å². The summed E-state index contributed by atoms with van der Waals surface area (Å²) in [7, 11) is 0. The first-order valence-electron chi connectivity index (χ1n) is 14.4. The van der Waals surface area contributed by atoms with Crippen molar-refractivity contribution < 1.29 is 19.1 Å². The van der Waals surface area contributed by atoms with Crippen molar-refractivity contribution in [3.8, 4) is 6.07 Å². The molecule has 0 radical (unpaired) electrons. The first kappa shape index (κ1) is 24.8. The molecule has 6 rings (SSSR count). The molecule has 0 N–H and O–H groups in total. The van der Waals surface area contributed by atoms with Gasteiger partial charge in [0, 0.05) is 23.7 Å². The van der Waals surface area contributed by atoms with Crippen LogP contribution in [0.4, 0.5) is 0 Å². The smallest absolute Gasteiger partial charge is 0.176 e. The Morgan fingerprint density at radius 3 is 2.44 bits per heavy atom. The Morgan fingerprint density at radius 2 is 1.75 bits per heavy atom. The predicted molar refractivity (Wildman–Crippen MR) is 135 cm³/mol. The molecule has 5 nitrogen and oxygen atoms in total. The predicted octanol–water partition coefficient (Wildman–Crippen LogP) is 5.88. The molecule has 0 bridgehead atoms. The fourth-order valence-corrected chi connectivity index (χ4v) is 10.8. The summed E-state index contributed by atoms with van der Waals surface area (Å²) in [6, 6.07) is 2.20. The lowest BCUT2D eigenvalue weighted by Crippen LogP contribution is -2.65. The quantitative estimate of drug-likeness (QED) is 0.456. The number of nitriles is 1. The molecule has 1 saturated heterocycles. The molecule has 6 aliphatic rings. The number of hydrogen-bond donors (Lipinski definition) is 0. The van der Waals surface area contributed by atoms with Crippen molar-refractivity contribution in [1.82, 2.24) is 0 Å². The van der Waals surface area contributed by atoms with Gasteiger partial charge < -0.3 is 9.47 Å². The van der Waals surface area contributed by atoms with Gasteiger partial charge in [-0.2, -0.15) is 5.26 Å². The molecule has 0 amide bonds. The molecule has 1 heterocycles. The highest BCUT2D eigenvalue weighted by Crippen LogP contribution is 2.71. The van der Waals surface area contributed by atoms with E-state index in [4.69, 9.17) is 9.47 Å². The topological polar surface area (TPSA) is 76.4 Å². The molecule has 196 valence electrons. The lowest BCUT2D eigenvalue weighted by Gasteiger charge is -2.67. The van der Waals surface area contributed by atoms with Gasteiger partial charge in [-0.25, -0.2) is 0 Å². The van der Waals surface area contributed by atoms with Gasteiger partial charge in [-0.3, -0.25) is 9.59 Å². The Hall–Kier alpha value is -1.51. The normalized spacial score (nSPS) is 51.8. The first-order valence-corrected chi connectivity index (χ1v) is 14.4. The van der Waals surface area contributed by atoms with Crippen molar-refractivity contribution in [2.24, 2.45) is 57.2 Å². The van der Waals surface area contributed by atoms with E-state index < -0.39 is 0 Å². The zero-order valence-electron chi connectivity index (χ0n) is 22.8. The standard InChI is InChI=1S/C31H43NO4/c1-18-20-6-8-29(4)21-7-9-31(25-16-35-17-36-25)11-10-28(2,3)14-22(31)26(21)23(33)12-24(29)30(20,5)13-19(15-32)27(18)34/h13,18,20-22,24-26H,6-12,14,16-17H2,1-5H3. The Balaban J connectivity index is 1.41. The Bertz CT molecular complexity index is 1050. The van der Waals surface area contributed by atoms with Gasteiger partial charge in [0.1, 0.15) is 18.6 Å². The number of ether oxygens (including phenoxy) is 2. The maximum absolute atomic E-state index is 14.3. The zero-order valence-corrected chi connectivity index (χ0v) is 22.8. The third kappa shape index (κ3) is 3.19. The Labute approximate surface area is 216 Å². The molecule has 5 heteroatoms. The second kappa shape index (κ2) is 8.00. The van der Waals surface area contributed by atoms with Crippen LogP contribution < -0.4 is 0 Å². The van der Waals surface area contributed by atoms with Crippen LogP contribution >= 0.6 is 0 Å². The largest absolute Gasteiger partial charge is 0.353 e. The number of fused-ring (bicyclic) bond motifs is 7. The van der Waals surface area contributed by atoms with Crippen molar-refractivity contribution in [2.75, 3.05) is 13.4 Å². The van der Waals surface area contributed by atoms with E-state index in [9.17, 15) is 14.9 Å². The van der Waals surface area contributed by atoms with Crippen molar-refractivity contribution >= 4 is 11.6 Å². The SMILES string of the molecule is CC1C(=O)C(C#N)=CC2(C)C1CCC1(C)C3CCC4(C5COCO5)CCC(C)(C)CC4C3C(=O)CC21. The second-order valence-corrected chi connectivity index (χ2v) is 14.6. The second-order valence-electron chi connectivity index (χ2n) is 14.6. The van der Waals surface area contributed by atoms with Crippen molar-refractivity contribution in [3.05, 3.63) is 11.6 Å². The van der Waals surface area contributed by atoms with Gasteiger partial charge in [0.05, 0.1) is 18.3 Å². The maximum Gasteiger partial charge on any atom is 0.176 e. The summed E-state index contributed by atoms with van der Waals surface area (Å²) in [5.41, 5.74) is 0.361. The lowest BCUT2D eigenvalue weighted by molar-refractivity contribution is -0.199. The van der Waals surface area contributed by atoms with Crippen molar-refractivity contribution in [3.63, 3.8) is 0 Å². The van der Waals surface area contributed by atoms with Crippen LogP contribution in [0.2, 0.25) is 0 Å². The highest BCUT2D eigenvalue weighted by Gasteiger charge is 2.68. The van der Waals surface area contributed by atoms with E-state index in [1.165, 1.54) is 6.42 Å². The summed E-state index contributed by atoms with van der Waals surface area (Å²) >= 11 is 0. The lowest BCUT2D eigenvalue weighted by atomic mass is 9.36. The minimum absolute atomic E-state index is 0.00531. The summed E-state index contributed by atoms with van der Waals surface area (Å²) < 4.78 is 11.9. The summed E-state index contributed by atoms with van der Waals surface area (Å²) in [6.45, 7) is 12.5. The van der Waals surface area contributed by atoms with Gasteiger partial charge in [0.25, 0.3) is 0 Å². The van der Waals surface area contributed by atoms with E-state index >= 15 is 0 Å². The van der Waals surface area contributed by atoms with Crippen LogP contribution in [-0.2, 0) is 19.1 Å². The molecule has 1 aliphatic heterocycles. The minimum atomic E-state index is -0.283. The third-order valence-electron chi connectivity index (χ3n) is 12.7. The molecule has 5 aliphatic carbocycles. The van der Waals surface area contributed by atoms with Gasteiger partial charge in [-0.05, 0) is 84.9 Å². The number of carbonyl (C=O) groups excluding carboxylic acids is 2. The number of rotatable bonds is 1. The van der Waals surface area contributed by atoms with Crippen LogP contribution in [0.25, 0.3) is 0 Å². The number of ketones is 2. The molecule has 10 atom stereocenters. The number of nitrogens with zero attached hydrogens (tertiary/aromatic N) is 1. The molecule has 0 aromatic rings. The first-order chi connectivity index (χ1) is 17.0. The van der Waals surface area contributed by atoms with E-state index in [2.05, 4.69) is 33.8 Å². The molecular weight excluding hydrogens is 450 g/mol. The van der Waals surface area contributed by atoms with Crippen LogP contribution in [0.3, 0.4) is 0 Å². The number of Topliss-reactive ketones (excluding diaryl/α,β-unsaturated/α-hetero) is 2. The highest BCUT2D eigenvalue weighted by molar-refractivity contribution is 6.01. The van der Waals surface area contributed by atoms with Crippen LogP contribution in [-0.4, -0.2) is 31.1 Å². The zero-order chi connectivity index (χ0) is 25.7. The molecule has 0 aromatic carbocycles.